The number of hydrogen-bond donors (Lipinski definition) is 3. The Kier molecular flexibility index (Phi) is 7.56. The molecule has 0 bridgehead atoms. The molecule has 9 nitrogen and oxygen atoms in total. The summed E-state index contributed by atoms with van der Waals surface area (Å²) in [5.41, 5.74) is 3.08. The molecular formula is C23H32N6O3S. The maximum atomic E-state index is 12.6. The molecule has 2 aliphatic rings. The van der Waals surface area contributed by atoms with Crippen molar-refractivity contribution in [1.29, 1.82) is 0 Å². The Morgan fingerprint density at radius 2 is 2.06 bits per heavy atom. The van der Waals surface area contributed by atoms with Gasteiger partial charge in [-0.2, -0.15) is 0 Å². The third-order valence-corrected chi connectivity index (χ3v) is 7.53. The number of β-amino-alcohol motifs (C(OH)–C–C–N with tert-alkyl or cyclic N) is 1. The van der Waals surface area contributed by atoms with Gasteiger partial charge in [-0.3, -0.25) is 14.5 Å². The molecule has 1 saturated heterocycles. The lowest BCUT2D eigenvalue weighted by Crippen LogP contribution is -2.42. The van der Waals surface area contributed by atoms with Crippen LogP contribution in [0.15, 0.2) is 17.8 Å². The third kappa shape index (κ3) is 6.07. The van der Waals surface area contributed by atoms with Gasteiger partial charge in [-0.1, -0.05) is 0 Å². The van der Waals surface area contributed by atoms with E-state index in [1.54, 1.807) is 24.3 Å². The lowest BCUT2D eigenvalue weighted by atomic mass is 10.0. The number of carbonyl (C=O) groups excluding carboxylic acids is 2. The largest absolute Gasteiger partial charge is 0.390 e. The van der Waals surface area contributed by atoms with Crippen LogP contribution in [0.5, 0.6) is 0 Å². The van der Waals surface area contributed by atoms with E-state index in [1.807, 2.05) is 4.90 Å². The number of rotatable bonds is 7. The molecule has 0 unspecified atom stereocenters. The molecule has 2 aromatic rings. The van der Waals surface area contributed by atoms with Crippen molar-refractivity contribution >= 4 is 29.0 Å². The summed E-state index contributed by atoms with van der Waals surface area (Å²) in [7, 11) is 0. The van der Waals surface area contributed by atoms with Gasteiger partial charge >= 0.3 is 0 Å². The van der Waals surface area contributed by atoms with Crippen LogP contribution < -0.4 is 10.6 Å². The molecule has 2 aliphatic heterocycles. The number of anilines is 1. The number of thiophene rings is 1. The topological polar surface area (TPSA) is 111 Å². The van der Waals surface area contributed by atoms with E-state index in [-0.39, 0.29) is 30.1 Å². The van der Waals surface area contributed by atoms with Gasteiger partial charge in [0.25, 0.3) is 5.91 Å². The second-order valence-electron chi connectivity index (χ2n) is 8.88. The molecule has 178 valence electrons. The van der Waals surface area contributed by atoms with Crippen LogP contribution in [0.25, 0.3) is 0 Å². The minimum Gasteiger partial charge on any atom is -0.390 e. The van der Waals surface area contributed by atoms with E-state index in [0.29, 0.717) is 25.5 Å². The van der Waals surface area contributed by atoms with Crippen molar-refractivity contribution in [2.24, 2.45) is 0 Å². The highest BCUT2D eigenvalue weighted by molar-refractivity contribution is 7.10. The zero-order chi connectivity index (χ0) is 23.4. The number of carbonyl (C=O) groups is 2. The molecule has 10 heteroatoms. The summed E-state index contributed by atoms with van der Waals surface area (Å²) in [6.07, 6.45) is 3.39. The van der Waals surface area contributed by atoms with Crippen LogP contribution in [-0.2, 0) is 17.8 Å². The van der Waals surface area contributed by atoms with Crippen molar-refractivity contribution in [3.8, 4) is 0 Å². The van der Waals surface area contributed by atoms with Gasteiger partial charge in [0.2, 0.25) is 5.91 Å². The zero-order valence-corrected chi connectivity index (χ0v) is 20.0. The molecule has 4 rings (SSSR count). The minimum atomic E-state index is -0.651. The van der Waals surface area contributed by atoms with E-state index in [0.717, 1.165) is 32.4 Å². The van der Waals surface area contributed by atoms with Gasteiger partial charge in [-0.05, 0) is 42.7 Å². The minimum absolute atomic E-state index is 0.100. The first kappa shape index (κ1) is 23.6. The van der Waals surface area contributed by atoms with E-state index >= 15 is 0 Å². The first-order chi connectivity index (χ1) is 15.9. The van der Waals surface area contributed by atoms with E-state index in [2.05, 4.69) is 37.8 Å². The Hall–Kier alpha value is -2.56. The van der Waals surface area contributed by atoms with Gasteiger partial charge in [-0.15, -0.1) is 11.3 Å². The maximum absolute atomic E-state index is 12.6. The second-order valence-corrected chi connectivity index (χ2v) is 9.85. The second kappa shape index (κ2) is 10.6. The normalized spacial score (nSPS) is 18.0. The number of fused-ring (bicyclic) bond motifs is 1. The maximum Gasteiger partial charge on any atom is 0.270 e. The zero-order valence-electron chi connectivity index (χ0n) is 19.2. The summed E-state index contributed by atoms with van der Waals surface area (Å²) in [5.74, 6) is 0.358. The highest BCUT2D eigenvalue weighted by atomic mass is 32.1. The molecule has 1 fully saturated rings. The monoisotopic (exact) mass is 472 g/mol. The number of aliphatic hydroxyl groups is 1. The quantitative estimate of drug-likeness (QED) is 0.559. The molecular weight excluding hydrogens is 440 g/mol. The van der Waals surface area contributed by atoms with Crippen LogP contribution in [0.2, 0.25) is 0 Å². The van der Waals surface area contributed by atoms with E-state index in [1.165, 1.54) is 22.3 Å². The van der Waals surface area contributed by atoms with Crippen LogP contribution in [-0.4, -0.2) is 81.6 Å². The van der Waals surface area contributed by atoms with Gasteiger partial charge in [0.05, 0.1) is 6.10 Å². The Bertz CT molecular complexity index is 988. The predicted molar refractivity (Wildman–Crippen MR) is 127 cm³/mol. The summed E-state index contributed by atoms with van der Waals surface area (Å²) in [4.78, 5) is 37.8. The van der Waals surface area contributed by atoms with Crippen LogP contribution in [0.1, 0.15) is 46.3 Å². The standard InChI is InChI=1S/C23H32N6O3S/c1-15-13-33-21-12-28(6-5-19(15)21)11-18(31)10-24-23(32)20-9-22(26-14-25-20)27-17-3-7-29(8-4-17)16(2)30/h9,13-14,17-18,31H,3-8,10-12H2,1-2H3,(H,24,32)(H,25,26,27)/t18-/m0/s1. The fourth-order valence-corrected chi connectivity index (χ4v) is 5.59. The Morgan fingerprint density at radius 1 is 1.27 bits per heavy atom. The lowest BCUT2D eigenvalue weighted by molar-refractivity contribution is -0.129. The van der Waals surface area contributed by atoms with Crippen molar-refractivity contribution in [3.05, 3.63) is 39.5 Å². The van der Waals surface area contributed by atoms with Gasteiger partial charge in [0.15, 0.2) is 0 Å². The summed E-state index contributed by atoms with van der Waals surface area (Å²) in [6.45, 7) is 7.64. The molecule has 4 heterocycles. The first-order valence-corrected chi connectivity index (χ1v) is 12.4. The van der Waals surface area contributed by atoms with Gasteiger partial charge in [0, 0.05) is 63.2 Å². The third-order valence-electron chi connectivity index (χ3n) is 6.40. The summed E-state index contributed by atoms with van der Waals surface area (Å²) in [5, 5.41) is 18.8. The first-order valence-electron chi connectivity index (χ1n) is 11.5. The van der Waals surface area contributed by atoms with Crippen molar-refractivity contribution in [2.45, 2.75) is 51.8 Å². The molecule has 0 radical (unpaired) electrons. The fourth-order valence-electron chi connectivity index (χ4n) is 4.47. The number of nitrogens with one attached hydrogen (secondary N) is 2. The molecule has 0 aliphatic carbocycles. The number of aliphatic hydroxyl groups excluding tert-OH is 1. The number of piperidine rings is 1. The van der Waals surface area contributed by atoms with Crippen LogP contribution in [0.3, 0.4) is 0 Å². The fraction of sp³-hybridized carbons (Fsp3) is 0.565. The molecule has 0 spiro atoms. The molecule has 33 heavy (non-hydrogen) atoms. The highest BCUT2D eigenvalue weighted by Crippen LogP contribution is 2.28. The molecule has 0 saturated carbocycles. The van der Waals surface area contributed by atoms with Gasteiger partial charge < -0.3 is 20.6 Å². The average molecular weight is 473 g/mol. The van der Waals surface area contributed by atoms with Crippen LogP contribution in [0.4, 0.5) is 5.82 Å². The lowest BCUT2D eigenvalue weighted by Gasteiger charge is -2.31. The number of amides is 2. The molecule has 3 N–H and O–H groups in total. The summed E-state index contributed by atoms with van der Waals surface area (Å²) < 4.78 is 0. The molecule has 0 aromatic carbocycles. The Balaban J connectivity index is 1.23. The average Bonchev–Trinajstić information content (AvgIpc) is 3.18. The number of likely N-dealkylation sites (tertiary alicyclic amines) is 1. The molecule has 2 amide bonds. The van der Waals surface area contributed by atoms with E-state index in [9.17, 15) is 14.7 Å². The van der Waals surface area contributed by atoms with Crippen molar-refractivity contribution in [3.63, 3.8) is 0 Å². The number of aromatic nitrogens is 2. The number of nitrogens with zero attached hydrogens (tertiary/aromatic N) is 4. The summed E-state index contributed by atoms with van der Waals surface area (Å²) >= 11 is 1.78. The Labute approximate surface area is 198 Å². The molecule has 2 aromatic heterocycles. The van der Waals surface area contributed by atoms with Gasteiger partial charge in [-0.25, -0.2) is 9.97 Å². The van der Waals surface area contributed by atoms with Crippen molar-refractivity contribution in [2.75, 3.05) is 38.0 Å². The van der Waals surface area contributed by atoms with E-state index in [4.69, 9.17) is 0 Å². The SMILES string of the molecule is CC(=O)N1CCC(Nc2cc(C(=O)NC[C@H](O)CN3CCc4c(C)csc4C3)ncn2)CC1. The predicted octanol–water partition coefficient (Wildman–Crippen LogP) is 1.42. The van der Waals surface area contributed by atoms with Crippen molar-refractivity contribution in [1.82, 2.24) is 25.1 Å². The van der Waals surface area contributed by atoms with Gasteiger partial charge in [0.1, 0.15) is 17.8 Å². The Morgan fingerprint density at radius 3 is 2.82 bits per heavy atom. The number of aryl methyl sites for hydroxylation is 1. The van der Waals surface area contributed by atoms with Crippen LogP contribution >= 0.6 is 11.3 Å². The van der Waals surface area contributed by atoms with Crippen molar-refractivity contribution < 1.29 is 14.7 Å². The van der Waals surface area contributed by atoms with E-state index < -0.39 is 6.10 Å². The smallest absolute Gasteiger partial charge is 0.270 e. The summed E-state index contributed by atoms with van der Waals surface area (Å²) in [6, 6.07) is 1.83. The van der Waals surface area contributed by atoms with Crippen LogP contribution in [0, 0.1) is 6.92 Å². The highest BCUT2D eigenvalue weighted by Gasteiger charge is 2.23. The molecule has 1 atom stereocenters. The number of hydrogen-bond acceptors (Lipinski definition) is 8.